The number of nitriles is 1. The Bertz CT molecular complexity index is 693. The minimum atomic E-state index is -0.800. The van der Waals surface area contributed by atoms with Crippen LogP contribution in [-0.4, -0.2) is 19.0 Å². The Balaban J connectivity index is 2.67. The molecule has 0 aliphatic carbocycles. The van der Waals surface area contributed by atoms with Crippen molar-refractivity contribution < 1.29 is 0 Å². The molecule has 2 heteroatoms. The lowest BCUT2D eigenvalue weighted by atomic mass is 9.82. The van der Waals surface area contributed by atoms with E-state index in [4.69, 9.17) is 0 Å². The zero-order valence-corrected chi connectivity index (χ0v) is 11.4. The molecule has 0 radical (unpaired) electrons. The zero-order chi connectivity index (χ0) is 13.9. The van der Waals surface area contributed by atoms with Crippen molar-refractivity contribution in [1.29, 1.82) is 5.26 Å². The van der Waals surface area contributed by atoms with E-state index in [1.807, 2.05) is 51.4 Å². The SMILES string of the molecule is CN(C)C#CC(C)(C#N)c1cccc2ccccc12. The van der Waals surface area contributed by atoms with Crippen LogP contribution in [-0.2, 0) is 5.41 Å². The number of hydrogen-bond acceptors (Lipinski definition) is 2. The summed E-state index contributed by atoms with van der Waals surface area (Å²) in [6.45, 7) is 1.87. The molecule has 19 heavy (non-hydrogen) atoms. The van der Waals surface area contributed by atoms with E-state index >= 15 is 0 Å². The summed E-state index contributed by atoms with van der Waals surface area (Å²) in [5.41, 5.74) is 0.160. The lowest BCUT2D eigenvalue weighted by Gasteiger charge is -2.18. The van der Waals surface area contributed by atoms with Gasteiger partial charge >= 0.3 is 0 Å². The molecule has 0 aliphatic rings. The molecule has 0 bridgehead atoms. The van der Waals surface area contributed by atoms with Crippen LogP contribution in [0.2, 0.25) is 0 Å². The largest absolute Gasteiger partial charge is 0.339 e. The molecule has 94 valence electrons. The summed E-state index contributed by atoms with van der Waals surface area (Å²) in [6, 6.07) is 19.4. The molecule has 0 fully saturated rings. The van der Waals surface area contributed by atoms with E-state index in [2.05, 4.69) is 30.2 Å². The van der Waals surface area contributed by atoms with Crippen molar-refractivity contribution in [2.45, 2.75) is 12.3 Å². The maximum Gasteiger partial charge on any atom is 0.142 e. The molecular weight excluding hydrogens is 232 g/mol. The van der Waals surface area contributed by atoms with Gasteiger partial charge in [0.05, 0.1) is 6.07 Å². The number of hydrogen-bond donors (Lipinski definition) is 0. The molecule has 2 nitrogen and oxygen atoms in total. The second kappa shape index (κ2) is 5.04. The first-order valence-corrected chi connectivity index (χ1v) is 6.16. The molecule has 0 saturated heterocycles. The molecule has 0 N–H and O–H groups in total. The number of rotatable bonds is 1. The Morgan fingerprint density at radius 2 is 1.74 bits per heavy atom. The first-order valence-electron chi connectivity index (χ1n) is 6.16. The lowest BCUT2D eigenvalue weighted by Crippen LogP contribution is -2.18. The van der Waals surface area contributed by atoms with Crippen molar-refractivity contribution in [3.05, 3.63) is 48.0 Å². The summed E-state index contributed by atoms with van der Waals surface area (Å²) in [4.78, 5) is 1.76. The third-order valence-corrected chi connectivity index (χ3v) is 3.08. The van der Waals surface area contributed by atoms with E-state index in [0.29, 0.717) is 0 Å². The molecule has 2 aromatic rings. The predicted molar refractivity (Wildman–Crippen MR) is 78.4 cm³/mol. The van der Waals surface area contributed by atoms with Crippen LogP contribution < -0.4 is 0 Å². The van der Waals surface area contributed by atoms with Gasteiger partial charge in [-0.2, -0.15) is 5.26 Å². The minimum absolute atomic E-state index is 0.800. The highest BCUT2D eigenvalue weighted by molar-refractivity contribution is 5.87. The molecular formula is C17H16N2. The molecule has 0 spiro atoms. The first kappa shape index (κ1) is 13.0. The normalized spacial score (nSPS) is 12.9. The number of fused-ring (bicyclic) bond motifs is 1. The van der Waals surface area contributed by atoms with Gasteiger partial charge in [-0.1, -0.05) is 48.4 Å². The Labute approximate surface area is 114 Å². The molecule has 0 aliphatic heterocycles. The van der Waals surface area contributed by atoms with Gasteiger partial charge in [-0.3, -0.25) is 0 Å². The van der Waals surface area contributed by atoms with Crippen LogP contribution in [0, 0.1) is 23.3 Å². The first-order chi connectivity index (χ1) is 9.07. The maximum absolute atomic E-state index is 9.54. The highest BCUT2D eigenvalue weighted by Crippen LogP contribution is 2.29. The summed E-state index contributed by atoms with van der Waals surface area (Å²) in [7, 11) is 3.74. The fourth-order valence-corrected chi connectivity index (χ4v) is 2.04. The van der Waals surface area contributed by atoms with Gasteiger partial charge < -0.3 is 4.90 Å². The van der Waals surface area contributed by atoms with Crippen molar-refractivity contribution in [3.63, 3.8) is 0 Å². The minimum Gasteiger partial charge on any atom is -0.339 e. The Morgan fingerprint density at radius 1 is 1.05 bits per heavy atom. The van der Waals surface area contributed by atoms with Crippen molar-refractivity contribution >= 4 is 10.8 Å². The molecule has 0 heterocycles. The van der Waals surface area contributed by atoms with E-state index in [-0.39, 0.29) is 0 Å². The summed E-state index contributed by atoms with van der Waals surface area (Å²) in [5, 5.41) is 11.8. The van der Waals surface area contributed by atoms with Crippen LogP contribution in [0.1, 0.15) is 12.5 Å². The van der Waals surface area contributed by atoms with Gasteiger partial charge in [0, 0.05) is 20.1 Å². The Hall–Kier alpha value is -2.45. The standard InChI is InChI=1S/C17H16N2/c1-17(13-18,11-12-19(2)3)16-10-6-8-14-7-4-5-9-15(14)16/h4-10H,1-3H3. The summed E-state index contributed by atoms with van der Waals surface area (Å²) < 4.78 is 0. The summed E-state index contributed by atoms with van der Waals surface area (Å²) in [6.07, 6.45) is 0. The monoisotopic (exact) mass is 248 g/mol. The Kier molecular flexibility index (Phi) is 3.45. The average molecular weight is 248 g/mol. The van der Waals surface area contributed by atoms with E-state index in [1.54, 1.807) is 4.90 Å². The van der Waals surface area contributed by atoms with Crippen LogP contribution >= 0.6 is 0 Å². The van der Waals surface area contributed by atoms with Gasteiger partial charge in [-0.25, -0.2) is 0 Å². The quantitative estimate of drug-likeness (QED) is 0.572. The summed E-state index contributed by atoms with van der Waals surface area (Å²) in [5.74, 6) is 3.07. The fraction of sp³-hybridized carbons (Fsp3) is 0.235. The van der Waals surface area contributed by atoms with Crippen LogP contribution in [0.4, 0.5) is 0 Å². The van der Waals surface area contributed by atoms with Crippen LogP contribution in [0.15, 0.2) is 42.5 Å². The predicted octanol–water partition coefficient (Wildman–Crippen LogP) is 3.14. The van der Waals surface area contributed by atoms with Gasteiger partial charge in [0.2, 0.25) is 0 Å². The third-order valence-electron chi connectivity index (χ3n) is 3.08. The second-order valence-corrected chi connectivity index (χ2v) is 4.89. The smallest absolute Gasteiger partial charge is 0.142 e. The van der Waals surface area contributed by atoms with Gasteiger partial charge in [0.15, 0.2) is 0 Å². The van der Waals surface area contributed by atoms with Crippen molar-refractivity contribution in [2.24, 2.45) is 0 Å². The topological polar surface area (TPSA) is 27.0 Å². The number of benzene rings is 2. The van der Waals surface area contributed by atoms with Crippen molar-refractivity contribution in [1.82, 2.24) is 4.90 Å². The molecule has 0 amide bonds. The van der Waals surface area contributed by atoms with Crippen LogP contribution in [0.5, 0.6) is 0 Å². The van der Waals surface area contributed by atoms with E-state index in [0.717, 1.165) is 16.3 Å². The molecule has 2 aromatic carbocycles. The fourth-order valence-electron chi connectivity index (χ4n) is 2.04. The maximum atomic E-state index is 9.54. The molecule has 0 aromatic heterocycles. The molecule has 0 saturated carbocycles. The van der Waals surface area contributed by atoms with Gasteiger partial charge in [0.25, 0.3) is 0 Å². The van der Waals surface area contributed by atoms with E-state index in [1.165, 1.54) is 0 Å². The van der Waals surface area contributed by atoms with Crippen molar-refractivity contribution in [3.8, 4) is 18.0 Å². The second-order valence-electron chi connectivity index (χ2n) is 4.89. The molecule has 1 unspecified atom stereocenters. The van der Waals surface area contributed by atoms with Crippen LogP contribution in [0.3, 0.4) is 0 Å². The van der Waals surface area contributed by atoms with Crippen LogP contribution in [0.25, 0.3) is 10.8 Å². The van der Waals surface area contributed by atoms with Gasteiger partial charge in [-0.15, -0.1) is 0 Å². The zero-order valence-electron chi connectivity index (χ0n) is 11.4. The van der Waals surface area contributed by atoms with E-state index in [9.17, 15) is 5.26 Å². The average Bonchev–Trinajstić information content (AvgIpc) is 2.44. The lowest BCUT2D eigenvalue weighted by molar-refractivity contribution is 0.593. The van der Waals surface area contributed by atoms with Crippen molar-refractivity contribution in [2.75, 3.05) is 14.1 Å². The highest BCUT2D eigenvalue weighted by atomic mass is 15.0. The van der Waals surface area contributed by atoms with Gasteiger partial charge in [0.1, 0.15) is 5.41 Å². The highest BCUT2D eigenvalue weighted by Gasteiger charge is 2.25. The Morgan fingerprint density at radius 3 is 2.42 bits per heavy atom. The third kappa shape index (κ3) is 2.54. The molecule has 1 atom stereocenters. The summed E-state index contributed by atoms with van der Waals surface area (Å²) >= 11 is 0. The van der Waals surface area contributed by atoms with E-state index < -0.39 is 5.41 Å². The van der Waals surface area contributed by atoms with Gasteiger partial charge in [-0.05, 0) is 23.3 Å². The number of nitrogens with zero attached hydrogens (tertiary/aromatic N) is 2. The molecule has 2 rings (SSSR count).